The van der Waals surface area contributed by atoms with Crippen LogP contribution in [0.4, 0.5) is 5.69 Å². The highest BCUT2D eigenvalue weighted by Gasteiger charge is 2.26. The molecular formula is C15H13ClN4O. The number of aromatic nitrogens is 3. The third-order valence-electron chi connectivity index (χ3n) is 3.67. The number of nitrogens with zero attached hydrogens (tertiary/aromatic N) is 3. The molecule has 0 saturated heterocycles. The van der Waals surface area contributed by atoms with Crippen LogP contribution in [0.25, 0.3) is 17.3 Å². The third kappa shape index (κ3) is 1.93. The summed E-state index contributed by atoms with van der Waals surface area (Å²) in [6.07, 6.45) is 1.63. The lowest BCUT2D eigenvalue weighted by Gasteiger charge is -2.11. The monoisotopic (exact) mass is 300 g/mol. The summed E-state index contributed by atoms with van der Waals surface area (Å²) >= 11 is 6.17. The largest absolute Gasteiger partial charge is 0.461 e. The van der Waals surface area contributed by atoms with E-state index in [0.29, 0.717) is 16.6 Å². The number of furan rings is 1. The van der Waals surface area contributed by atoms with Gasteiger partial charge in [0.25, 0.3) is 0 Å². The summed E-state index contributed by atoms with van der Waals surface area (Å²) in [5.74, 6) is 2.50. The molecule has 0 saturated carbocycles. The second kappa shape index (κ2) is 4.63. The summed E-state index contributed by atoms with van der Waals surface area (Å²) in [6.45, 7) is 2.91. The predicted octanol–water partition coefficient (Wildman–Crippen LogP) is 3.71. The van der Waals surface area contributed by atoms with Crippen LogP contribution in [0, 0.1) is 0 Å². The van der Waals surface area contributed by atoms with Gasteiger partial charge in [-0.3, -0.25) is 4.57 Å². The topological polar surface area (TPSA) is 55.9 Å². The van der Waals surface area contributed by atoms with E-state index in [1.54, 1.807) is 6.26 Å². The number of fused-ring (bicyclic) bond motifs is 3. The van der Waals surface area contributed by atoms with Crippen LogP contribution in [-0.4, -0.2) is 21.3 Å². The lowest BCUT2D eigenvalue weighted by molar-refractivity contribution is 0.575. The van der Waals surface area contributed by atoms with E-state index < -0.39 is 0 Å². The van der Waals surface area contributed by atoms with Crippen molar-refractivity contribution in [2.24, 2.45) is 0 Å². The van der Waals surface area contributed by atoms with Crippen LogP contribution >= 0.6 is 11.6 Å². The minimum Gasteiger partial charge on any atom is -0.461 e. The maximum absolute atomic E-state index is 6.17. The van der Waals surface area contributed by atoms with Crippen LogP contribution in [0.5, 0.6) is 0 Å². The highest BCUT2D eigenvalue weighted by atomic mass is 35.5. The summed E-state index contributed by atoms with van der Waals surface area (Å²) in [6, 6.07) is 9.49. The normalized spacial score (nSPS) is 16.8. The van der Waals surface area contributed by atoms with Crippen molar-refractivity contribution in [1.82, 2.24) is 14.8 Å². The van der Waals surface area contributed by atoms with Crippen molar-refractivity contribution in [3.8, 4) is 17.3 Å². The maximum atomic E-state index is 6.17. The highest BCUT2D eigenvalue weighted by molar-refractivity contribution is 6.30. The Morgan fingerprint density at radius 3 is 3.05 bits per heavy atom. The Morgan fingerprint density at radius 2 is 2.24 bits per heavy atom. The van der Waals surface area contributed by atoms with E-state index in [2.05, 4.69) is 22.4 Å². The van der Waals surface area contributed by atoms with Crippen LogP contribution < -0.4 is 5.32 Å². The van der Waals surface area contributed by atoms with Crippen LogP contribution in [0.15, 0.2) is 41.0 Å². The second-order valence-electron chi connectivity index (χ2n) is 5.14. The molecule has 21 heavy (non-hydrogen) atoms. The molecule has 1 unspecified atom stereocenters. The van der Waals surface area contributed by atoms with E-state index in [1.165, 1.54) is 0 Å². The summed E-state index contributed by atoms with van der Waals surface area (Å²) in [4.78, 5) is 0. The van der Waals surface area contributed by atoms with E-state index in [0.717, 1.165) is 23.7 Å². The second-order valence-corrected chi connectivity index (χ2v) is 5.57. The van der Waals surface area contributed by atoms with Gasteiger partial charge in [0.05, 0.1) is 17.6 Å². The number of rotatable bonds is 1. The van der Waals surface area contributed by atoms with Crippen molar-refractivity contribution in [2.75, 3.05) is 11.9 Å². The van der Waals surface area contributed by atoms with Crippen molar-refractivity contribution >= 4 is 17.3 Å². The maximum Gasteiger partial charge on any atom is 0.204 e. The zero-order chi connectivity index (χ0) is 14.4. The van der Waals surface area contributed by atoms with E-state index in [-0.39, 0.29) is 5.92 Å². The number of benzene rings is 1. The SMILES string of the molecule is CC1CNc2ccc(Cl)cc2-n2c(-c3ccco3)nnc21. The molecule has 1 N–H and O–H groups in total. The molecule has 1 aromatic carbocycles. The zero-order valence-corrected chi connectivity index (χ0v) is 12.1. The van der Waals surface area contributed by atoms with Gasteiger partial charge in [-0.25, -0.2) is 0 Å². The van der Waals surface area contributed by atoms with Crippen molar-refractivity contribution < 1.29 is 4.42 Å². The van der Waals surface area contributed by atoms with E-state index in [4.69, 9.17) is 16.0 Å². The molecule has 0 aliphatic carbocycles. The molecule has 0 fully saturated rings. The summed E-state index contributed by atoms with van der Waals surface area (Å²) in [5.41, 5.74) is 1.95. The molecule has 0 amide bonds. The first-order chi connectivity index (χ1) is 10.2. The average Bonchev–Trinajstić information content (AvgIpc) is 3.11. The number of halogens is 1. The first-order valence-corrected chi connectivity index (χ1v) is 7.15. The Labute approximate surface area is 126 Å². The molecule has 3 heterocycles. The molecule has 3 aromatic rings. The Bertz CT molecular complexity index is 794. The third-order valence-corrected chi connectivity index (χ3v) is 3.90. The van der Waals surface area contributed by atoms with Crippen molar-refractivity contribution in [3.05, 3.63) is 47.4 Å². The van der Waals surface area contributed by atoms with Gasteiger partial charge in [-0.15, -0.1) is 10.2 Å². The first-order valence-electron chi connectivity index (χ1n) is 6.77. The Kier molecular flexibility index (Phi) is 2.75. The number of nitrogens with one attached hydrogen (secondary N) is 1. The Hall–Kier alpha value is -2.27. The van der Waals surface area contributed by atoms with Crippen molar-refractivity contribution in [2.45, 2.75) is 12.8 Å². The van der Waals surface area contributed by atoms with Crippen LogP contribution in [0.1, 0.15) is 18.7 Å². The smallest absolute Gasteiger partial charge is 0.204 e. The van der Waals surface area contributed by atoms with Gasteiger partial charge in [0, 0.05) is 17.5 Å². The lowest BCUT2D eigenvalue weighted by Crippen LogP contribution is -2.09. The minimum absolute atomic E-state index is 0.229. The average molecular weight is 301 g/mol. The predicted molar refractivity (Wildman–Crippen MR) is 81.0 cm³/mol. The summed E-state index contributed by atoms with van der Waals surface area (Å²) in [7, 11) is 0. The van der Waals surface area contributed by atoms with Gasteiger partial charge < -0.3 is 9.73 Å². The zero-order valence-electron chi connectivity index (χ0n) is 11.4. The molecule has 1 atom stereocenters. The fraction of sp³-hybridized carbons (Fsp3) is 0.200. The molecule has 6 heteroatoms. The van der Waals surface area contributed by atoms with Gasteiger partial charge >= 0.3 is 0 Å². The molecule has 0 bridgehead atoms. The molecule has 2 aromatic heterocycles. The van der Waals surface area contributed by atoms with E-state index in [9.17, 15) is 0 Å². The highest BCUT2D eigenvalue weighted by Crippen LogP contribution is 2.34. The quantitative estimate of drug-likeness (QED) is 0.744. The van der Waals surface area contributed by atoms with Crippen LogP contribution in [-0.2, 0) is 0 Å². The molecule has 0 spiro atoms. The van der Waals surface area contributed by atoms with Gasteiger partial charge in [0.15, 0.2) is 5.76 Å². The number of hydrogen-bond donors (Lipinski definition) is 1. The Morgan fingerprint density at radius 1 is 1.33 bits per heavy atom. The standard InChI is InChI=1S/C15H13ClN4O/c1-9-8-17-11-5-4-10(16)7-12(11)20-14(9)18-19-15(20)13-3-2-6-21-13/h2-7,9,17H,8H2,1H3. The molecule has 5 nitrogen and oxygen atoms in total. The van der Waals surface area contributed by atoms with Crippen LogP contribution in [0.3, 0.4) is 0 Å². The Balaban J connectivity index is 2.03. The number of hydrogen-bond acceptors (Lipinski definition) is 4. The summed E-state index contributed by atoms with van der Waals surface area (Å²) < 4.78 is 7.51. The molecule has 0 radical (unpaired) electrons. The number of anilines is 1. The molecule has 4 rings (SSSR count). The van der Waals surface area contributed by atoms with Crippen molar-refractivity contribution in [3.63, 3.8) is 0 Å². The van der Waals surface area contributed by atoms with Crippen molar-refractivity contribution in [1.29, 1.82) is 0 Å². The van der Waals surface area contributed by atoms with E-state index >= 15 is 0 Å². The van der Waals surface area contributed by atoms with Gasteiger partial charge in [-0.2, -0.15) is 0 Å². The van der Waals surface area contributed by atoms with Gasteiger partial charge in [-0.05, 0) is 30.3 Å². The lowest BCUT2D eigenvalue weighted by atomic mass is 10.1. The van der Waals surface area contributed by atoms with Crippen LogP contribution in [0.2, 0.25) is 5.02 Å². The fourth-order valence-electron chi connectivity index (χ4n) is 2.61. The van der Waals surface area contributed by atoms with Gasteiger partial charge in [0.2, 0.25) is 5.82 Å². The molecule has 1 aliphatic rings. The van der Waals surface area contributed by atoms with E-state index in [1.807, 2.05) is 34.9 Å². The minimum atomic E-state index is 0.229. The fourth-order valence-corrected chi connectivity index (χ4v) is 2.78. The van der Waals surface area contributed by atoms with Gasteiger partial charge in [0.1, 0.15) is 5.82 Å². The molecule has 106 valence electrons. The first kappa shape index (κ1) is 12.5. The molecule has 1 aliphatic heterocycles. The summed E-state index contributed by atoms with van der Waals surface area (Å²) in [5, 5.41) is 12.8. The molecular weight excluding hydrogens is 288 g/mol. The van der Waals surface area contributed by atoms with Gasteiger partial charge in [-0.1, -0.05) is 18.5 Å².